The highest BCUT2D eigenvalue weighted by Crippen LogP contribution is 2.30. The number of methoxy groups -OCH3 is 1. The zero-order valence-corrected chi connectivity index (χ0v) is 16.0. The Morgan fingerprint density at radius 1 is 1.00 bits per heavy atom. The van der Waals surface area contributed by atoms with E-state index in [1.807, 2.05) is 24.3 Å². The van der Waals surface area contributed by atoms with E-state index >= 15 is 0 Å². The van der Waals surface area contributed by atoms with Crippen LogP contribution < -0.4 is 4.72 Å². The minimum Gasteiger partial charge on any atom is -0.465 e. The molecule has 0 aliphatic heterocycles. The number of carbonyl (C=O) groups is 1. The van der Waals surface area contributed by atoms with Crippen LogP contribution in [0, 0.1) is 6.92 Å². The number of aryl methyl sites for hydroxylation is 1. The molecule has 4 rings (SSSR count). The first-order chi connectivity index (χ1) is 13.4. The Morgan fingerprint density at radius 3 is 2.50 bits per heavy atom. The summed E-state index contributed by atoms with van der Waals surface area (Å²) in [5.41, 5.74) is 1.09. The lowest BCUT2D eigenvalue weighted by atomic mass is 10.1. The van der Waals surface area contributed by atoms with E-state index in [0.29, 0.717) is 22.4 Å². The van der Waals surface area contributed by atoms with E-state index in [1.54, 1.807) is 43.3 Å². The summed E-state index contributed by atoms with van der Waals surface area (Å²) in [5.74, 6) is -0.123. The number of nitrogens with one attached hydrogen (secondary N) is 1. The lowest BCUT2D eigenvalue weighted by molar-refractivity contribution is 0.0600. The highest BCUT2D eigenvalue weighted by Gasteiger charge is 2.20. The van der Waals surface area contributed by atoms with Crippen LogP contribution in [0.15, 0.2) is 70.0 Å². The Bertz CT molecular complexity index is 1320. The summed E-state index contributed by atoms with van der Waals surface area (Å²) in [6, 6.07) is 17.3. The summed E-state index contributed by atoms with van der Waals surface area (Å²) in [4.78, 5) is 12.2. The van der Waals surface area contributed by atoms with Gasteiger partial charge in [-0.25, -0.2) is 13.2 Å². The monoisotopic (exact) mass is 395 g/mol. The fourth-order valence-electron chi connectivity index (χ4n) is 3.19. The molecule has 142 valence electrons. The van der Waals surface area contributed by atoms with Crippen molar-refractivity contribution in [3.8, 4) is 0 Å². The van der Waals surface area contributed by atoms with E-state index in [1.165, 1.54) is 7.11 Å². The maximum atomic E-state index is 12.8. The zero-order valence-electron chi connectivity index (χ0n) is 15.2. The van der Waals surface area contributed by atoms with Crippen LogP contribution in [0.4, 0.5) is 5.69 Å². The van der Waals surface area contributed by atoms with Crippen molar-refractivity contribution in [3.63, 3.8) is 0 Å². The largest absolute Gasteiger partial charge is 0.465 e. The topological polar surface area (TPSA) is 85.6 Å². The predicted molar refractivity (Wildman–Crippen MR) is 107 cm³/mol. The molecule has 0 atom stereocenters. The normalized spacial score (nSPS) is 11.6. The molecule has 0 aliphatic carbocycles. The van der Waals surface area contributed by atoms with Crippen molar-refractivity contribution in [1.82, 2.24) is 0 Å². The van der Waals surface area contributed by atoms with E-state index in [2.05, 4.69) is 4.72 Å². The second kappa shape index (κ2) is 6.69. The van der Waals surface area contributed by atoms with Crippen LogP contribution in [0.3, 0.4) is 0 Å². The standard InChI is InChI=1S/C21H17NO5S/c1-13-20(21(23)26-2)18-12-16(8-10-19(18)27-13)22-28(24,25)17-9-7-14-5-3-4-6-15(14)11-17/h3-12,22H,1-2H3. The van der Waals surface area contributed by atoms with Gasteiger partial charge in [0, 0.05) is 11.1 Å². The minimum atomic E-state index is -3.80. The maximum Gasteiger partial charge on any atom is 0.342 e. The van der Waals surface area contributed by atoms with Gasteiger partial charge in [-0.3, -0.25) is 4.72 Å². The Hall–Kier alpha value is -3.32. The van der Waals surface area contributed by atoms with Gasteiger partial charge in [0.15, 0.2) is 0 Å². The van der Waals surface area contributed by atoms with E-state index in [4.69, 9.17) is 9.15 Å². The van der Waals surface area contributed by atoms with E-state index in [0.717, 1.165) is 10.8 Å². The summed E-state index contributed by atoms with van der Waals surface area (Å²) in [7, 11) is -2.52. The van der Waals surface area contributed by atoms with Crippen LogP contribution in [0.1, 0.15) is 16.1 Å². The van der Waals surface area contributed by atoms with Gasteiger partial charge < -0.3 is 9.15 Å². The van der Waals surface area contributed by atoms with Gasteiger partial charge in [-0.05, 0) is 48.0 Å². The number of hydrogen-bond donors (Lipinski definition) is 1. The van der Waals surface area contributed by atoms with Crippen molar-refractivity contribution < 1.29 is 22.4 Å². The molecule has 1 heterocycles. The van der Waals surface area contributed by atoms with Crippen molar-refractivity contribution in [3.05, 3.63) is 72.0 Å². The van der Waals surface area contributed by atoms with Gasteiger partial charge in [0.05, 0.1) is 12.0 Å². The molecule has 0 amide bonds. The number of hydrogen-bond acceptors (Lipinski definition) is 5. The third-order valence-corrected chi connectivity index (χ3v) is 5.92. The first kappa shape index (κ1) is 18.1. The SMILES string of the molecule is COC(=O)c1c(C)oc2ccc(NS(=O)(=O)c3ccc4ccccc4c3)cc12. The lowest BCUT2D eigenvalue weighted by Crippen LogP contribution is -2.13. The second-order valence-corrected chi connectivity index (χ2v) is 8.03. The van der Waals surface area contributed by atoms with Crippen LogP contribution in [-0.2, 0) is 14.8 Å². The Morgan fingerprint density at radius 2 is 1.75 bits per heavy atom. The summed E-state index contributed by atoms with van der Waals surface area (Å²) in [6.45, 7) is 1.66. The molecule has 0 unspecified atom stereocenters. The van der Waals surface area contributed by atoms with Crippen molar-refractivity contribution in [2.45, 2.75) is 11.8 Å². The number of anilines is 1. The van der Waals surface area contributed by atoms with E-state index in [9.17, 15) is 13.2 Å². The number of furan rings is 1. The molecule has 0 fully saturated rings. The van der Waals surface area contributed by atoms with Crippen LogP contribution in [0.25, 0.3) is 21.7 Å². The van der Waals surface area contributed by atoms with Gasteiger partial charge in [0.1, 0.15) is 16.9 Å². The second-order valence-electron chi connectivity index (χ2n) is 6.35. The molecule has 1 N–H and O–H groups in total. The van der Waals surface area contributed by atoms with Crippen molar-refractivity contribution in [1.29, 1.82) is 0 Å². The van der Waals surface area contributed by atoms with Crippen molar-refractivity contribution in [2.75, 3.05) is 11.8 Å². The molecular formula is C21H17NO5S. The molecule has 0 saturated carbocycles. The van der Waals surface area contributed by atoms with Gasteiger partial charge in [-0.15, -0.1) is 0 Å². The number of carbonyl (C=O) groups excluding carboxylic acids is 1. The third kappa shape index (κ3) is 3.10. The minimum absolute atomic E-state index is 0.155. The molecule has 0 aliphatic rings. The van der Waals surface area contributed by atoms with Crippen LogP contribution in [-0.4, -0.2) is 21.5 Å². The molecule has 0 bridgehead atoms. The highest BCUT2D eigenvalue weighted by molar-refractivity contribution is 7.92. The molecular weight excluding hydrogens is 378 g/mol. The van der Waals surface area contributed by atoms with Crippen LogP contribution >= 0.6 is 0 Å². The van der Waals surface area contributed by atoms with Crippen molar-refractivity contribution in [2.24, 2.45) is 0 Å². The highest BCUT2D eigenvalue weighted by atomic mass is 32.2. The van der Waals surface area contributed by atoms with E-state index < -0.39 is 16.0 Å². The fourth-order valence-corrected chi connectivity index (χ4v) is 4.27. The Kier molecular flexibility index (Phi) is 4.31. The van der Waals surface area contributed by atoms with Crippen molar-refractivity contribution >= 4 is 43.4 Å². The molecule has 28 heavy (non-hydrogen) atoms. The quantitative estimate of drug-likeness (QED) is 0.515. The molecule has 0 saturated heterocycles. The number of esters is 1. The van der Waals surface area contributed by atoms with Crippen LogP contribution in [0.5, 0.6) is 0 Å². The lowest BCUT2D eigenvalue weighted by Gasteiger charge is -2.09. The van der Waals surface area contributed by atoms with Crippen LogP contribution in [0.2, 0.25) is 0 Å². The zero-order chi connectivity index (χ0) is 19.9. The first-order valence-corrected chi connectivity index (χ1v) is 10.0. The fraction of sp³-hybridized carbons (Fsp3) is 0.0952. The number of rotatable bonds is 4. The first-order valence-electron chi connectivity index (χ1n) is 8.52. The maximum absolute atomic E-state index is 12.8. The average Bonchev–Trinajstić information content (AvgIpc) is 3.01. The smallest absolute Gasteiger partial charge is 0.342 e. The van der Waals surface area contributed by atoms with Gasteiger partial charge in [0.25, 0.3) is 10.0 Å². The number of benzene rings is 3. The van der Waals surface area contributed by atoms with Gasteiger partial charge in [-0.2, -0.15) is 0 Å². The van der Waals surface area contributed by atoms with Gasteiger partial charge in [0.2, 0.25) is 0 Å². The molecule has 7 heteroatoms. The van der Waals surface area contributed by atoms with Gasteiger partial charge >= 0.3 is 5.97 Å². The number of ether oxygens (including phenoxy) is 1. The predicted octanol–water partition coefficient (Wildman–Crippen LogP) is 4.48. The molecule has 3 aromatic carbocycles. The summed E-state index contributed by atoms with van der Waals surface area (Å²) < 4.78 is 38.6. The van der Waals surface area contributed by atoms with E-state index in [-0.39, 0.29) is 10.5 Å². The molecule has 0 radical (unpaired) electrons. The summed E-state index contributed by atoms with van der Waals surface area (Å²) in [5, 5.41) is 2.28. The Labute approximate surface area is 161 Å². The molecule has 6 nitrogen and oxygen atoms in total. The third-order valence-electron chi connectivity index (χ3n) is 4.54. The number of sulfonamides is 1. The molecule has 1 aromatic heterocycles. The summed E-state index contributed by atoms with van der Waals surface area (Å²) in [6.07, 6.45) is 0. The average molecular weight is 395 g/mol. The number of fused-ring (bicyclic) bond motifs is 2. The molecule has 4 aromatic rings. The Balaban J connectivity index is 1.74. The van der Waals surface area contributed by atoms with Gasteiger partial charge in [-0.1, -0.05) is 30.3 Å². The molecule has 0 spiro atoms. The summed E-state index contributed by atoms with van der Waals surface area (Å²) >= 11 is 0.